The average molecular weight is 394 g/mol. The van der Waals surface area contributed by atoms with Gasteiger partial charge in [-0.25, -0.2) is 4.98 Å². The molecule has 0 saturated carbocycles. The van der Waals surface area contributed by atoms with E-state index in [9.17, 15) is 0 Å². The first kappa shape index (κ1) is 16.7. The summed E-state index contributed by atoms with van der Waals surface area (Å²) in [6.07, 6.45) is 0.874. The fraction of sp³-hybridized carbons (Fsp3) is 0.136. The van der Waals surface area contributed by atoms with E-state index in [2.05, 4.69) is 40.2 Å². The van der Waals surface area contributed by atoms with Gasteiger partial charge in [-0.2, -0.15) is 0 Å². The number of rotatable bonds is 2. The number of hydrogen-bond acceptors (Lipinski definition) is 2. The fourth-order valence-corrected chi connectivity index (χ4v) is 4.33. The summed E-state index contributed by atoms with van der Waals surface area (Å²) in [5, 5.41) is 5.11. The topological polar surface area (TPSA) is 29.9 Å². The third-order valence-corrected chi connectivity index (χ3v) is 5.80. The van der Waals surface area contributed by atoms with E-state index < -0.39 is 0 Å². The van der Waals surface area contributed by atoms with Crippen LogP contribution < -0.4 is 5.32 Å². The van der Waals surface area contributed by atoms with Crippen molar-refractivity contribution in [1.82, 2.24) is 9.55 Å². The Morgan fingerprint density at radius 2 is 1.63 bits per heavy atom. The lowest BCUT2D eigenvalue weighted by molar-refractivity contribution is 0.477. The molecule has 1 aliphatic heterocycles. The Balaban J connectivity index is 1.68. The maximum atomic E-state index is 6.49. The highest BCUT2D eigenvalue weighted by molar-refractivity contribution is 6.31. The molecule has 3 aromatic carbocycles. The lowest BCUT2D eigenvalue weighted by atomic mass is 9.93. The molecular formula is C22H17Cl2N3. The van der Waals surface area contributed by atoms with Gasteiger partial charge in [0.1, 0.15) is 0 Å². The zero-order valence-corrected chi connectivity index (χ0v) is 16.0. The van der Waals surface area contributed by atoms with Gasteiger partial charge in [0.15, 0.2) is 0 Å². The maximum absolute atomic E-state index is 6.49. The van der Waals surface area contributed by atoms with E-state index in [1.54, 1.807) is 0 Å². The van der Waals surface area contributed by atoms with Crippen LogP contribution in [0, 0.1) is 0 Å². The Kier molecular flexibility index (Phi) is 4.07. The van der Waals surface area contributed by atoms with Crippen molar-refractivity contribution in [2.45, 2.75) is 18.5 Å². The van der Waals surface area contributed by atoms with Gasteiger partial charge in [-0.05, 0) is 47.9 Å². The van der Waals surface area contributed by atoms with Crippen LogP contribution in [0.1, 0.15) is 29.6 Å². The van der Waals surface area contributed by atoms with Gasteiger partial charge in [0.25, 0.3) is 0 Å². The van der Waals surface area contributed by atoms with Crippen molar-refractivity contribution in [3.05, 3.63) is 94.0 Å². The summed E-state index contributed by atoms with van der Waals surface area (Å²) in [6.45, 7) is 0. The van der Waals surface area contributed by atoms with Gasteiger partial charge < -0.3 is 9.88 Å². The van der Waals surface area contributed by atoms with Crippen LogP contribution in [0.4, 0.5) is 5.95 Å². The number of aromatic nitrogens is 2. The van der Waals surface area contributed by atoms with Crippen LogP contribution in [0.2, 0.25) is 10.0 Å². The largest absolute Gasteiger partial charge is 0.349 e. The van der Waals surface area contributed by atoms with E-state index in [-0.39, 0.29) is 12.1 Å². The van der Waals surface area contributed by atoms with Gasteiger partial charge in [0.2, 0.25) is 5.95 Å². The number of hydrogen-bond donors (Lipinski definition) is 1. The monoisotopic (exact) mass is 393 g/mol. The minimum atomic E-state index is 0.0868. The van der Waals surface area contributed by atoms with Crippen molar-refractivity contribution >= 4 is 40.2 Å². The minimum absolute atomic E-state index is 0.0868. The first-order valence-electron chi connectivity index (χ1n) is 8.94. The first-order chi connectivity index (χ1) is 13.2. The smallest absolute Gasteiger partial charge is 0.204 e. The minimum Gasteiger partial charge on any atom is -0.349 e. The number of benzene rings is 3. The summed E-state index contributed by atoms with van der Waals surface area (Å²) >= 11 is 12.6. The summed E-state index contributed by atoms with van der Waals surface area (Å²) in [5.41, 5.74) is 4.41. The molecule has 3 nitrogen and oxygen atoms in total. The Morgan fingerprint density at radius 1 is 0.889 bits per heavy atom. The summed E-state index contributed by atoms with van der Waals surface area (Å²) in [7, 11) is 0. The second-order valence-corrected chi connectivity index (χ2v) is 7.66. The molecule has 1 N–H and O–H groups in total. The van der Waals surface area contributed by atoms with Crippen molar-refractivity contribution in [3.8, 4) is 0 Å². The molecule has 0 spiro atoms. The summed E-state index contributed by atoms with van der Waals surface area (Å²) in [4.78, 5) is 4.83. The lowest BCUT2D eigenvalue weighted by Gasteiger charge is -2.34. The van der Waals surface area contributed by atoms with Gasteiger partial charge in [-0.3, -0.25) is 0 Å². The molecule has 1 aliphatic rings. The highest BCUT2D eigenvalue weighted by atomic mass is 35.5. The van der Waals surface area contributed by atoms with E-state index in [4.69, 9.17) is 28.2 Å². The molecule has 2 atom stereocenters. The molecule has 0 amide bonds. The molecule has 134 valence electrons. The molecule has 1 aromatic heterocycles. The van der Waals surface area contributed by atoms with E-state index >= 15 is 0 Å². The van der Waals surface area contributed by atoms with Gasteiger partial charge >= 0.3 is 0 Å². The number of anilines is 1. The molecular weight excluding hydrogens is 377 g/mol. The van der Waals surface area contributed by atoms with Crippen LogP contribution >= 0.6 is 23.2 Å². The molecule has 0 unspecified atom stereocenters. The van der Waals surface area contributed by atoms with Gasteiger partial charge in [-0.15, -0.1) is 0 Å². The SMILES string of the molecule is Clc1ccc([C@@H]2C[C@@H](c3ccccc3Cl)Nc3nc4ccccc4n32)cc1. The second-order valence-electron chi connectivity index (χ2n) is 6.82. The maximum Gasteiger partial charge on any atom is 0.204 e. The molecule has 27 heavy (non-hydrogen) atoms. The molecule has 0 radical (unpaired) electrons. The fourth-order valence-electron chi connectivity index (χ4n) is 3.94. The molecule has 5 rings (SSSR count). The van der Waals surface area contributed by atoms with Crippen LogP contribution in [-0.4, -0.2) is 9.55 Å². The summed E-state index contributed by atoms with van der Waals surface area (Å²) in [6, 6.07) is 24.6. The van der Waals surface area contributed by atoms with E-state index in [0.29, 0.717) is 0 Å². The molecule has 0 saturated heterocycles. The molecule has 0 aliphatic carbocycles. The highest BCUT2D eigenvalue weighted by Crippen LogP contribution is 2.42. The third kappa shape index (κ3) is 2.88. The molecule has 4 aromatic rings. The molecule has 5 heteroatoms. The van der Waals surface area contributed by atoms with Crippen molar-refractivity contribution in [2.75, 3.05) is 5.32 Å². The summed E-state index contributed by atoms with van der Waals surface area (Å²) in [5.74, 6) is 0.868. The van der Waals surface area contributed by atoms with Crippen LogP contribution in [0.15, 0.2) is 72.8 Å². The van der Waals surface area contributed by atoms with Crippen LogP contribution in [0.25, 0.3) is 11.0 Å². The predicted molar refractivity (Wildman–Crippen MR) is 112 cm³/mol. The molecule has 0 fully saturated rings. The van der Waals surface area contributed by atoms with Crippen LogP contribution in [0.3, 0.4) is 0 Å². The Labute approximate surface area is 167 Å². The standard InChI is InChI=1S/C22H17Cl2N3/c23-15-11-9-14(10-12-15)21-13-19(16-5-1-2-6-17(16)24)26-22-25-18-7-3-4-8-20(18)27(21)22/h1-12,19,21H,13H2,(H,25,26)/t19-,21-/m0/s1. The number of para-hydroxylation sites is 2. The molecule has 0 bridgehead atoms. The quantitative estimate of drug-likeness (QED) is 0.421. The van der Waals surface area contributed by atoms with E-state index in [1.165, 1.54) is 5.56 Å². The predicted octanol–water partition coefficient (Wildman–Crippen LogP) is 6.49. The number of nitrogens with one attached hydrogen (secondary N) is 1. The first-order valence-corrected chi connectivity index (χ1v) is 9.70. The average Bonchev–Trinajstić information content (AvgIpc) is 3.07. The van der Waals surface area contributed by atoms with Crippen molar-refractivity contribution in [2.24, 2.45) is 0 Å². The summed E-state index contributed by atoms with van der Waals surface area (Å²) < 4.78 is 2.28. The molecule has 2 heterocycles. The Morgan fingerprint density at radius 3 is 2.44 bits per heavy atom. The van der Waals surface area contributed by atoms with Crippen LogP contribution in [0.5, 0.6) is 0 Å². The van der Waals surface area contributed by atoms with Gasteiger partial charge in [0.05, 0.1) is 23.1 Å². The zero-order valence-electron chi connectivity index (χ0n) is 14.4. The normalized spacial score (nSPS) is 18.9. The Hall–Kier alpha value is -2.49. The lowest BCUT2D eigenvalue weighted by Crippen LogP contribution is -2.27. The third-order valence-electron chi connectivity index (χ3n) is 5.21. The second kappa shape index (κ2) is 6.59. The Bertz CT molecular complexity index is 1120. The number of imidazole rings is 1. The number of halogens is 2. The zero-order chi connectivity index (χ0) is 18.4. The van der Waals surface area contributed by atoms with Gasteiger partial charge in [-0.1, -0.05) is 65.7 Å². The van der Waals surface area contributed by atoms with Crippen LogP contribution in [-0.2, 0) is 0 Å². The van der Waals surface area contributed by atoms with E-state index in [1.807, 2.05) is 42.5 Å². The van der Waals surface area contributed by atoms with Crippen molar-refractivity contribution in [1.29, 1.82) is 0 Å². The van der Waals surface area contributed by atoms with Crippen molar-refractivity contribution in [3.63, 3.8) is 0 Å². The number of nitrogens with zero attached hydrogens (tertiary/aromatic N) is 2. The van der Waals surface area contributed by atoms with Gasteiger partial charge in [0, 0.05) is 10.0 Å². The number of fused-ring (bicyclic) bond motifs is 3. The van der Waals surface area contributed by atoms with Crippen molar-refractivity contribution < 1.29 is 0 Å². The highest BCUT2D eigenvalue weighted by Gasteiger charge is 2.31. The van der Waals surface area contributed by atoms with E-state index in [0.717, 1.165) is 39.0 Å².